The lowest BCUT2D eigenvalue weighted by atomic mass is 10.2. The zero-order chi connectivity index (χ0) is 18.8. The van der Waals surface area contributed by atoms with Gasteiger partial charge in [0.05, 0.1) is 21.6 Å². The molecule has 0 heterocycles. The second kappa shape index (κ2) is 11.3. The highest BCUT2D eigenvalue weighted by Gasteiger charge is 2.10. The Balaban J connectivity index is 2.91. The number of Topliss-reactive ketones (excluding diaryl/α,β-unsaturated/α-hetero) is 1. The zero-order valence-corrected chi connectivity index (χ0v) is 16.2. The van der Waals surface area contributed by atoms with Gasteiger partial charge in [0.1, 0.15) is 18.5 Å². The summed E-state index contributed by atoms with van der Waals surface area (Å²) in [5, 5.41) is 19.3. The number of benzene rings is 1. The molecule has 0 unspecified atom stereocenters. The van der Waals surface area contributed by atoms with Crippen molar-refractivity contribution in [1.29, 1.82) is 0 Å². The second-order valence-electron chi connectivity index (χ2n) is 5.40. The third-order valence-electron chi connectivity index (χ3n) is 3.06. The van der Waals surface area contributed by atoms with Gasteiger partial charge in [0.2, 0.25) is 0 Å². The van der Waals surface area contributed by atoms with Crippen molar-refractivity contribution in [3.63, 3.8) is 0 Å². The Bertz CT molecular complexity index is 646. The predicted molar refractivity (Wildman–Crippen MR) is 105 cm³/mol. The van der Waals surface area contributed by atoms with Crippen LogP contribution in [0.5, 0.6) is 5.75 Å². The molecule has 0 amide bonds. The highest BCUT2D eigenvalue weighted by molar-refractivity contribution is 8.18. The van der Waals surface area contributed by atoms with Crippen LogP contribution < -0.4 is 4.74 Å². The largest absolute Gasteiger partial charge is 0.489 e. The number of aliphatic hydroxyl groups excluding tert-OH is 2. The second-order valence-corrected chi connectivity index (χ2v) is 7.05. The SMILES string of the molecule is CCC/N=C(/C)S/C(=C\c1ccc(OC[C@H](O)CO)c(Cl)c1)C(C)=O. The monoisotopic (exact) mass is 385 g/mol. The molecule has 138 valence electrons. The van der Waals surface area contributed by atoms with Crippen molar-refractivity contribution in [2.24, 2.45) is 4.99 Å². The number of carbonyl (C=O) groups excluding carboxylic acids is 1. The van der Waals surface area contributed by atoms with Crippen LogP contribution in [0.4, 0.5) is 0 Å². The number of ether oxygens (including phenoxy) is 1. The van der Waals surface area contributed by atoms with Crippen LogP contribution in [0.2, 0.25) is 5.02 Å². The van der Waals surface area contributed by atoms with E-state index in [-0.39, 0.29) is 19.0 Å². The molecule has 1 aromatic carbocycles. The minimum absolute atomic E-state index is 0.0430. The van der Waals surface area contributed by atoms with Gasteiger partial charge in [-0.05, 0) is 44.0 Å². The van der Waals surface area contributed by atoms with Gasteiger partial charge in [-0.25, -0.2) is 0 Å². The van der Waals surface area contributed by atoms with Crippen LogP contribution in [0.25, 0.3) is 6.08 Å². The van der Waals surface area contributed by atoms with E-state index in [4.69, 9.17) is 21.4 Å². The summed E-state index contributed by atoms with van der Waals surface area (Å²) in [6.45, 7) is 5.76. The van der Waals surface area contributed by atoms with E-state index in [0.29, 0.717) is 15.7 Å². The number of halogens is 1. The normalized spacial score (nSPS) is 13.7. The van der Waals surface area contributed by atoms with Crippen molar-refractivity contribution >= 4 is 40.3 Å². The van der Waals surface area contributed by atoms with Crippen molar-refractivity contribution < 1.29 is 19.7 Å². The molecule has 7 heteroatoms. The van der Waals surface area contributed by atoms with Gasteiger partial charge in [-0.2, -0.15) is 0 Å². The number of thioether (sulfide) groups is 1. The third kappa shape index (κ3) is 8.05. The van der Waals surface area contributed by atoms with Crippen LogP contribution in [0.15, 0.2) is 28.1 Å². The lowest BCUT2D eigenvalue weighted by molar-refractivity contribution is -0.112. The van der Waals surface area contributed by atoms with Crippen LogP contribution in [0.1, 0.15) is 32.8 Å². The molecule has 5 nitrogen and oxygen atoms in total. The quantitative estimate of drug-likeness (QED) is 0.386. The molecule has 0 fully saturated rings. The maximum absolute atomic E-state index is 11.9. The van der Waals surface area contributed by atoms with Crippen LogP contribution in [-0.4, -0.2) is 46.9 Å². The average Bonchev–Trinajstić information content (AvgIpc) is 2.58. The van der Waals surface area contributed by atoms with Crippen molar-refractivity contribution in [3.8, 4) is 5.75 Å². The first-order valence-electron chi connectivity index (χ1n) is 8.00. The van der Waals surface area contributed by atoms with Crippen molar-refractivity contribution in [2.45, 2.75) is 33.3 Å². The lowest BCUT2D eigenvalue weighted by Gasteiger charge is -2.11. The molecule has 2 N–H and O–H groups in total. The highest BCUT2D eigenvalue weighted by Crippen LogP contribution is 2.28. The molecule has 0 saturated carbocycles. The number of hydrogen-bond acceptors (Lipinski definition) is 6. The molecular formula is C18H24ClNO4S. The molecule has 0 aliphatic heterocycles. The van der Waals surface area contributed by atoms with E-state index in [1.54, 1.807) is 24.3 Å². The molecule has 0 aliphatic rings. The van der Waals surface area contributed by atoms with E-state index >= 15 is 0 Å². The number of allylic oxidation sites excluding steroid dienone is 1. The number of aliphatic hydroxyl groups is 2. The highest BCUT2D eigenvalue weighted by atomic mass is 35.5. The first-order chi connectivity index (χ1) is 11.9. The van der Waals surface area contributed by atoms with E-state index in [1.165, 1.54) is 18.7 Å². The number of carbonyl (C=O) groups is 1. The maximum atomic E-state index is 11.9. The van der Waals surface area contributed by atoms with Gasteiger partial charge in [0, 0.05) is 6.54 Å². The Kier molecular flexibility index (Phi) is 9.82. The van der Waals surface area contributed by atoms with Gasteiger partial charge in [-0.1, -0.05) is 36.4 Å². The Morgan fingerprint density at radius 3 is 2.72 bits per heavy atom. The van der Waals surface area contributed by atoms with Crippen LogP contribution in [0, 0.1) is 0 Å². The molecule has 0 aliphatic carbocycles. The summed E-state index contributed by atoms with van der Waals surface area (Å²) >= 11 is 7.52. The van der Waals surface area contributed by atoms with Gasteiger partial charge >= 0.3 is 0 Å². The van der Waals surface area contributed by atoms with Gasteiger partial charge in [-0.3, -0.25) is 9.79 Å². The number of aliphatic imine (C=N–C) groups is 1. The van der Waals surface area contributed by atoms with E-state index in [1.807, 2.05) is 13.8 Å². The Morgan fingerprint density at radius 2 is 2.16 bits per heavy atom. The molecule has 25 heavy (non-hydrogen) atoms. The smallest absolute Gasteiger partial charge is 0.166 e. The Morgan fingerprint density at radius 1 is 1.44 bits per heavy atom. The number of rotatable bonds is 9. The molecule has 0 saturated heterocycles. The number of ketones is 1. The predicted octanol–water partition coefficient (Wildman–Crippen LogP) is 3.56. The molecule has 1 atom stereocenters. The molecule has 0 bridgehead atoms. The summed E-state index contributed by atoms with van der Waals surface area (Å²) in [5.74, 6) is 0.364. The minimum atomic E-state index is -0.957. The van der Waals surface area contributed by atoms with Crippen LogP contribution in [0.3, 0.4) is 0 Å². The maximum Gasteiger partial charge on any atom is 0.166 e. The molecule has 1 aromatic rings. The van der Waals surface area contributed by atoms with Gasteiger partial charge in [0.25, 0.3) is 0 Å². The van der Waals surface area contributed by atoms with Gasteiger partial charge in [-0.15, -0.1) is 0 Å². The summed E-state index contributed by atoms with van der Waals surface area (Å²) in [7, 11) is 0. The number of hydrogen-bond donors (Lipinski definition) is 2. The standard InChI is InChI=1S/C18H24ClNO4S/c1-4-7-20-13(3)25-18(12(2)22)9-14-5-6-17(16(19)8-14)24-11-15(23)10-21/h5-6,8-9,15,21,23H,4,7,10-11H2,1-3H3/b18-9-,20-13-/t15-/m1/s1. The van der Waals surface area contributed by atoms with Crippen molar-refractivity contribution in [2.75, 3.05) is 19.8 Å². The summed E-state index contributed by atoms with van der Waals surface area (Å²) in [6.07, 6.45) is 1.76. The third-order valence-corrected chi connectivity index (χ3v) is 4.40. The fourth-order valence-corrected chi connectivity index (χ4v) is 2.83. The molecule has 0 aromatic heterocycles. The fourth-order valence-electron chi connectivity index (χ4n) is 1.78. The molecule has 0 radical (unpaired) electrons. The molecule has 0 spiro atoms. The van der Waals surface area contributed by atoms with E-state index in [9.17, 15) is 9.90 Å². The van der Waals surface area contributed by atoms with Crippen LogP contribution >= 0.6 is 23.4 Å². The number of nitrogens with zero attached hydrogens (tertiary/aromatic N) is 1. The van der Waals surface area contributed by atoms with Gasteiger partial charge < -0.3 is 14.9 Å². The molecular weight excluding hydrogens is 362 g/mol. The van der Waals surface area contributed by atoms with Crippen molar-refractivity contribution in [3.05, 3.63) is 33.7 Å². The zero-order valence-electron chi connectivity index (χ0n) is 14.7. The topological polar surface area (TPSA) is 79.1 Å². The van der Waals surface area contributed by atoms with Crippen LogP contribution in [-0.2, 0) is 4.79 Å². The average molecular weight is 386 g/mol. The van der Waals surface area contributed by atoms with E-state index in [2.05, 4.69) is 4.99 Å². The van der Waals surface area contributed by atoms with E-state index < -0.39 is 6.10 Å². The Labute approximate surface area is 157 Å². The molecule has 1 rings (SSSR count). The minimum Gasteiger partial charge on any atom is -0.489 e. The summed E-state index contributed by atoms with van der Waals surface area (Å²) in [6, 6.07) is 5.12. The van der Waals surface area contributed by atoms with E-state index in [0.717, 1.165) is 23.6 Å². The van der Waals surface area contributed by atoms with Crippen molar-refractivity contribution in [1.82, 2.24) is 0 Å². The van der Waals surface area contributed by atoms with Gasteiger partial charge in [0.15, 0.2) is 5.78 Å². The first-order valence-corrected chi connectivity index (χ1v) is 9.19. The summed E-state index contributed by atoms with van der Waals surface area (Å²) < 4.78 is 5.35. The fraction of sp³-hybridized carbons (Fsp3) is 0.444. The summed E-state index contributed by atoms with van der Waals surface area (Å²) in [4.78, 5) is 16.8. The summed E-state index contributed by atoms with van der Waals surface area (Å²) in [5.41, 5.74) is 0.765. The first kappa shape index (κ1) is 21.7. The Hall–Kier alpha value is -1.34. The lowest BCUT2D eigenvalue weighted by Crippen LogP contribution is -2.21.